The number of carbonyl (C=O) groups excluding carboxylic acids is 1. The maximum atomic E-state index is 11.3. The highest BCUT2D eigenvalue weighted by molar-refractivity contribution is 5.86. The molecular weight excluding hydrogens is 240 g/mol. The molecule has 2 heterocycles. The van der Waals surface area contributed by atoms with Crippen molar-refractivity contribution in [3.63, 3.8) is 0 Å². The Balaban J connectivity index is 2.13. The molecule has 19 heavy (non-hydrogen) atoms. The van der Waals surface area contributed by atoms with Crippen molar-refractivity contribution in [3.05, 3.63) is 12.4 Å². The van der Waals surface area contributed by atoms with Gasteiger partial charge in [-0.1, -0.05) is 20.8 Å². The van der Waals surface area contributed by atoms with E-state index in [9.17, 15) is 4.79 Å². The third-order valence-electron chi connectivity index (χ3n) is 3.09. The van der Waals surface area contributed by atoms with Gasteiger partial charge in [0.1, 0.15) is 18.0 Å². The third kappa shape index (κ3) is 3.66. The van der Waals surface area contributed by atoms with Gasteiger partial charge in [-0.05, 0) is 5.41 Å². The second-order valence-corrected chi connectivity index (χ2v) is 6.36. The molecular formula is C14H22N4O. The lowest BCUT2D eigenvalue weighted by molar-refractivity contribution is -0.116. The van der Waals surface area contributed by atoms with Crippen LogP contribution in [0, 0.1) is 5.41 Å². The first-order valence-corrected chi connectivity index (χ1v) is 6.65. The van der Waals surface area contributed by atoms with E-state index in [0.29, 0.717) is 13.0 Å². The van der Waals surface area contributed by atoms with Crippen LogP contribution in [0.25, 0.3) is 0 Å². The lowest BCUT2D eigenvalue weighted by atomic mass is 9.96. The molecule has 0 spiro atoms. The van der Waals surface area contributed by atoms with Crippen molar-refractivity contribution in [3.8, 4) is 0 Å². The molecule has 104 valence electrons. The summed E-state index contributed by atoms with van der Waals surface area (Å²) >= 11 is 0. The van der Waals surface area contributed by atoms with Crippen molar-refractivity contribution in [2.24, 2.45) is 5.41 Å². The normalized spacial score (nSPS) is 16.0. The molecule has 1 aromatic rings. The van der Waals surface area contributed by atoms with E-state index in [1.54, 1.807) is 6.33 Å². The summed E-state index contributed by atoms with van der Waals surface area (Å²) in [7, 11) is 2.03. The zero-order chi connectivity index (χ0) is 14.0. The highest BCUT2D eigenvalue weighted by Gasteiger charge is 2.21. The van der Waals surface area contributed by atoms with Crippen molar-refractivity contribution in [1.82, 2.24) is 9.97 Å². The lowest BCUT2D eigenvalue weighted by Crippen LogP contribution is -2.30. The van der Waals surface area contributed by atoms with Crippen LogP contribution in [0.3, 0.4) is 0 Å². The fourth-order valence-electron chi connectivity index (χ4n) is 2.34. The molecule has 0 saturated carbocycles. The van der Waals surface area contributed by atoms with Crippen LogP contribution in [0.4, 0.5) is 11.6 Å². The number of aromatic nitrogens is 2. The van der Waals surface area contributed by atoms with Crippen molar-refractivity contribution in [1.29, 1.82) is 0 Å². The van der Waals surface area contributed by atoms with Crippen LogP contribution in [0.15, 0.2) is 12.4 Å². The molecule has 1 aromatic heterocycles. The molecule has 1 saturated heterocycles. The van der Waals surface area contributed by atoms with E-state index in [1.807, 2.05) is 18.0 Å². The average molecular weight is 262 g/mol. The van der Waals surface area contributed by atoms with Gasteiger partial charge in [0, 0.05) is 32.6 Å². The highest BCUT2D eigenvalue weighted by Crippen LogP contribution is 2.22. The molecule has 1 fully saturated rings. The summed E-state index contributed by atoms with van der Waals surface area (Å²) in [6, 6.07) is 1.96. The molecule has 5 nitrogen and oxygen atoms in total. The lowest BCUT2D eigenvalue weighted by Gasteiger charge is -2.28. The fourth-order valence-corrected chi connectivity index (χ4v) is 2.34. The molecule has 0 unspecified atom stereocenters. The van der Waals surface area contributed by atoms with Crippen LogP contribution in [-0.2, 0) is 4.79 Å². The Morgan fingerprint density at radius 3 is 2.68 bits per heavy atom. The predicted octanol–water partition coefficient (Wildman–Crippen LogP) is 1.74. The molecule has 1 aliphatic rings. The Labute approximate surface area is 114 Å². The Morgan fingerprint density at radius 2 is 2.11 bits per heavy atom. The van der Waals surface area contributed by atoms with Crippen LogP contribution >= 0.6 is 0 Å². The summed E-state index contributed by atoms with van der Waals surface area (Å²) in [5.74, 6) is 2.03. The fraction of sp³-hybridized carbons (Fsp3) is 0.643. The topological polar surface area (TPSA) is 49.3 Å². The van der Waals surface area contributed by atoms with Gasteiger partial charge in [-0.15, -0.1) is 0 Å². The van der Waals surface area contributed by atoms with E-state index in [-0.39, 0.29) is 11.2 Å². The average Bonchev–Trinajstić information content (AvgIpc) is 2.74. The highest BCUT2D eigenvalue weighted by atomic mass is 16.1. The number of carbonyl (C=O) groups is 1. The number of Topliss-reactive ketones (excluding diaryl/α,β-unsaturated/α-hetero) is 1. The summed E-state index contributed by atoms with van der Waals surface area (Å²) in [4.78, 5) is 24.1. The van der Waals surface area contributed by atoms with Crippen LogP contribution in [-0.4, -0.2) is 42.4 Å². The van der Waals surface area contributed by atoms with Crippen LogP contribution < -0.4 is 9.80 Å². The van der Waals surface area contributed by atoms with Gasteiger partial charge in [-0.25, -0.2) is 9.97 Å². The minimum absolute atomic E-state index is 0.212. The number of rotatable bonds is 3. The van der Waals surface area contributed by atoms with E-state index >= 15 is 0 Å². The summed E-state index contributed by atoms with van der Waals surface area (Å²) in [5.41, 5.74) is 0.212. The van der Waals surface area contributed by atoms with Crippen LogP contribution in [0.5, 0.6) is 0 Å². The van der Waals surface area contributed by atoms with Crippen molar-refractivity contribution >= 4 is 17.4 Å². The van der Waals surface area contributed by atoms with E-state index < -0.39 is 0 Å². The second-order valence-electron chi connectivity index (χ2n) is 6.36. The van der Waals surface area contributed by atoms with Gasteiger partial charge in [0.15, 0.2) is 5.78 Å². The first-order valence-electron chi connectivity index (χ1n) is 6.65. The molecule has 0 atom stereocenters. The smallest absolute Gasteiger partial charge is 0.153 e. The van der Waals surface area contributed by atoms with Crippen LogP contribution in [0.2, 0.25) is 0 Å². The number of anilines is 2. The van der Waals surface area contributed by atoms with E-state index in [1.165, 1.54) is 0 Å². The Kier molecular flexibility index (Phi) is 3.73. The predicted molar refractivity (Wildman–Crippen MR) is 76.6 cm³/mol. The standard InChI is InChI=1S/C14H22N4O/c1-14(2,3)9-17(4)12-7-13(16-10-15-12)18-6-5-11(19)8-18/h7,10H,5-6,8-9H2,1-4H3. The van der Waals surface area contributed by atoms with Crippen molar-refractivity contribution in [2.45, 2.75) is 27.2 Å². The van der Waals surface area contributed by atoms with Crippen molar-refractivity contribution in [2.75, 3.05) is 36.5 Å². The minimum atomic E-state index is 0.212. The maximum Gasteiger partial charge on any atom is 0.153 e. The molecule has 0 bridgehead atoms. The number of ketones is 1. The molecule has 0 radical (unpaired) electrons. The second kappa shape index (κ2) is 5.15. The number of hydrogen-bond donors (Lipinski definition) is 0. The van der Waals surface area contributed by atoms with E-state index in [4.69, 9.17) is 0 Å². The molecule has 2 rings (SSSR count). The molecule has 5 heteroatoms. The summed E-state index contributed by atoms with van der Waals surface area (Å²) in [5, 5.41) is 0. The van der Waals surface area contributed by atoms with Crippen LogP contribution in [0.1, 0.15) is 27.2 Å². The van der Waals surface area contributed by atoms with Gasteiger partial charge in [0.2, 0.25) is 0 Å². The summed E-state index contributed by atoms with van der Waals surface area (Å²) in [6.45, 7) is 8.75. The zero-order valence-corrected chi connectivity index (χ0v) is 12.2. The molecule has 0 aromatic carbocycles. The molecule has 0 amide bonds. The quantitative estimate of drug-likeness (QED) is 0.830. The van der Waals surface area contributed by atoms with Gasteiger partial charge >= 0.3 is 0 Å². The maximum absolute atomic E-state index is 11.3. The third-order valence-corrected chi connectivity index (χ3v) is 3.09. The first kappa shape index (κ1) is 13.8. The van der Waals surface area contributed by atoms with Gasteiger partial charge < -0.3 is 9.80 Å². The number of nitrogens with zero attached hydrogens (tertiary/aromatic N) is 4. The summed E-state index contributed by atoms with van der Waals surface area (Å²) < 4.78 is 0. The Morgan fingerprint density at radius 1 is 1.37 bits per heavy atom. The van der Waals surface area contributed by atoms with Gasteiger partial charge in [-0.3, -0.25) is 4.79 Å². The zero-order valence-electron chi connectivity index (χ0n) is 12.2. The van der Waals surface area contributed by atoms with Gasteiger partial charge in [0.25, 0.3) is 0 Å². The van der Waals surface area contributed by atoms with E-state index in [0.717, 1.165) is 24.7 Å². The SMILES string of the molecule is CN(CC(C)(C)C)c1cc(N2CCC(=O)C2)ncn1. The largest absolute Gasteiger partial charge is 0.359 e. The molecule has 1 aliphatic heterocycles. The first-order chi connectivity index (χ1) is 8.85. The number of hydrogen-bond acceptors (Lipinski definition) is 5. The summed E-state index contributed by atoms with van der Waals surface area (Å²) in [6.07, 6.45) is 2.20. The van der Waals surface area contributed by atoms with E-state index in [2.05, 4.69) is 35.6 Å². The Hall–Kier alpha value is -1.65. The monoisotopic (exact) mass is 262 g/mol. The van der Waals surface area contributed by atoms with Gasteiger partial charge in [0.05, 0.1) is 6.54 Å². The van der Waals surface area contributed by atoms with Crippen molar-refractivity contribution < 1.29 is 4.79 Å². The Bertz CT molecular complexity index is 467. The van der Waals surface area contributed by atoms with Gasteiger partial charge in [-0.2, -0.15) is 0 Å². The molecule has 0 N–H and O–H groups in total. The molecule has 0 aliphatic carbocycles. The minimum Gasteiger partial charge on any atom is -0.359 e.